The summed E-state index contributed by atoms with van der Waals surface area (Å²) in [5.41, 5.74) is -0.215. The van der Waals surface area contributed by atoms with Gasteiger partial charge in [-0.15, -0.1) is 0 Å². The van der Waals surface area contributed by atoms with Gasteiger partial charge in [0.1, 0.15) is 5.75 Å². The number of aromatic hydroxyl groups is 1. The number of nitrogens with one attached hydrogen (secondary N) is 1. The minimum Gasteiger partial charge on any atom is -0.506 e. The van der Waals surface area contributed by atoms with E-state index in [0.29, 0.717) is 0 Å². The highest BCUT2D eigenvalue weighted by atomic mass is 19.3. The van der Waals surface area contributed by atoms with Crippen molar-refractivity contribution >= 4 is 17.7 Å². The lowest BCUT2D eigenvalue weighted by atomic mass is 10.2. The number of hydrogen-bond donors (Lipinski definition) is 3. The summed E-state index contributed by atoms with van der Waals surface area (Å²) in [5.74, 6) is -1.69. The SMILES string of the molecule is CN(CC(F)F)C(=O)Nc1ccc(C(=O)O)cc1O. The molecule has 0 saturated carbocycles. The van der Waals surface area contributed by atoms with Crippen LogP contribution < -0.4 is 5.32 Å². The van der Waals surface area contributed by atoms with E-state index in [1.165, 1.54) is 19.2 Å². The van der Waals surface area contributed by atoms with Crippen LogP contribution in [0.2, 0.25) is 0 Å². The van der Waals surface area contributed by atoms with Gasteiger partial charge in [0.25, 0.3) is 6.43 Å². The molecule has 1 rings (SSSR count). The van der Waals surface area contributed by atoms with Crippen molar-refractivity contribution in [3.05, 3.63) is 23.8 Å². The monoisotopic (exact) mass is 274 g/mol. The molecule has 0 aliphatic rings. The molecule has 0 heterocycles. The average molecular weight is 274 g/mol. The molecule has 8 heteroatoms. The zero-order valence-electron chi connectivity index (χ0n) is 9.93. The summed E-state index contributed by atoms with van der Waals surface area (Å²) in [5, 5.41) is 20.4. The first-order valence-corrected chi connectivity index (χ1v) is 5.18. The molecule has 0 spiro atoms. The highest BCUT2D eigenvalue weighted by Crippen LogP contribution is 2.24. The molecule has 0 aliphatic heterocycles. The zero-order valence-corrected chi connectivity index (χ0v) is 9.93. The Morgan fingerprint density at radius 1 is 1.42 bits per heavy atom. The molecule has 3 N–H and O–H groups in total. The lowest BCUT2D eigenvalue weighted by Gasteiger charge is -2.17. The number of amides is 2. The molecule has 0 aromatic heterocycles. The number of rotatable bonds is 4. The van der Waals surface area contributed by atoms with Crippen LogP contribution in [0.1, 0.15) is 10.4 Å². The molecule has 0 saturated heterocycles. The summed E-state index contributed by atoms with van der Waals surface area (Å²) in [7, 11) is 1.17. The normalized spacial score (nSPS) is 10.3. The minimum absolute atomic E-state index is 0.0592. The van der Waals surface area contributed by atoms with Crippen LogP contribution in [0.3, 0.4) is 0 Å². The third kappa shape index (κ3) is 4.09. The van der Waals surface area contributed by atoms with E-state index < -0.39 is 30.7 Å². The van der Waals surface area contributed by atoms with Gasteiger partial charge in [-0.05, 0) is 18.2 Å². The van der Waals surface area contributed by atoms with Crippen LogP contribution in [0.4, 0.5) is 19.3 Å². The molecule has 104 valence electrons. The van der Waals surface area contributed by atoms with Crippen molar-refractivity contribution in [2.24, 2.45) is 0 Å². The van der Waals surface area contributed by atoms with Crippen LogP contribution in [0, 0.1) is 0 Å². The van der Waals surface area contributed by atoms with E-state index in [4.69, 9.17) is 5.11 Å². The van der Waals surface area contributed by atoms with Crippen molar-refractivity contribution in [2.75, 3.05) is 18.9 Å². The number of aromatic carboxylic acids is 1. The Kier molecular flexibility index (Phi) is 4.62. The number of carbonyl (C=O) groups is 2. The molecular weight excluding hydrogens is 262 g/mol. The number of phenolic OH excluding ortho intramolecular Hbond substituents is 1. The van der Waals surface area contributed by atoms with E-state index in [1.54, 1.807) is 0 Å². The van der Waals surface area contributed by atoms with Crippen LogP contribution in [0.15, 0.2) is 18.2 Å². The molecule has 0 atom stereocenters. The molecule has 1 aromatic rings. The maximum absolute atomic E-state index is 12.1. The van der Waals surface area contributed by atoms with Crippen LogP contribution in [-0.2, 0) is 0 Å². The van der Waals surface area contributed by atoms with Crippen LogP contribution >= 0.6 is 0 Å². The predicted octanol–water partition coefficient (Wildman–Crippen LogP) is 1.82. The van der Waals surface area contributed by atoms with Gasteiger partial charge in [-0.3, -0.25) is 0 Å². The molecular formula is C11H12F2N2O4. The van der Waals surface area contributed by atoms with E-state index in [9.17, 15) is 23.5 Å². The van der Waals surface area contributed by atoms with Gasteiger partial charge in [-0.2, -0.15) is 0 Å². The Labute approximate surface area is 107 Å². The number of phenols is 1. The number of benzene rings is 1. The quantitative estimate of drug-likeness (QED) is 0.730. The zero-order chi connectivity index (χ0) is 14.6. The van der Waals surface area contributed by atoms with Gasteiger partial charge < -0.3 is 20.4 Å². The molecule has 0 aliphatic carbocycles. The second-order valence-corrected chi connectivity index (χ2v) is 3.74. The van der Waals surface area contributed by atoms with Crippen molar-refractivity contribution in [3.8, 4) is 5.75 Å². The molecule has 0 unspecified atom stereocenters. The van der Waals surface area contributed by atoms with E-state index in [0.717, 1.165) is 11.0 Å². The second-order valence-electron chi connectivity index (χ2n) is 3.74. The Bertz CT molecular complexity index is 494. The second kappa shape index (κ2) is 5.98. The van der Waals surface area contributed by atoms with Crippen LogP contribution in [0.25, 0.3) is 0 Å². The van der Waals surface area contributed by atoms with Gasteiger partial charge in [-0.25, -0.2) is 18.4 Å². The molecule has 1 aromatic carbocycles. The van der Waals surface area contributed by atoms with E-state index in [-0.39, 0.29) is 11.3 Å². The topological polar surface area (TPSA) is 89.9 Å². The average Bonchev–Trinajstić information content (AvgIpc) is 2.30. The van der Waals surface area contributed by atoms with Crippen molar-refractivity contribution < 1.29 is 28.6 Å². The Morgan fingerprint density at radius 2 is 2.05 bits per heavy atom. The van der Waals surface area contributed by atoms with Gasteiger partial charge in [0, 0.05) is 7.05 Å². The summed E-state index contributed by atoms with van der Waals surface area (Å²) < 4.78 is 24.1. The number of carboxylic acids is 1. The molecule has 2 amide bonds. The fourth-order valence-electron chi connectivity index (χ4n) is 1.27. The smallest absolute Gasteiger partial charge is 0.335 e. The first-order valence-electron chi connectivity index (χ1n) is 5.18. The molecule has 0 bridgehead atoms. The van der Waals surface area contributed by atoms with Gasteiger partial charge >= 0.3 is 12.0 Å². The fourth-order valence-corrected chi connectivity index (χ4v) is 1.27. The third-order valence-corrected chi connectivity index (χ3v) is 2.24. The van der Waals surface area contributed by atoms with Gasteiger partial charge in [0.05, 0.1) is 17.8 Å². The number of nitrogens with zero attached hydrogens (tertiary/aromatic N) is 1. The van der Waals surface area contributed by atoms with E-state index in [1.807, 2.05) is 0 Å². The highest BCUT2D eigenvalue weighted by Gasteiger charge is 2.16. The first-order chi connectivity index (χ1) is 8.81. The van der Waals surface area contributed by atoms with Gasteiger partial charge in [0.2, 0.25) is 0 Å². The molecule has 0 fully saturated rings. The first kappa shape index (κ1) is 14.7. The number of alkyl halides is 2. The third-order valence-electron chi connectivity index (χ3n) is 2.24. The predicted molar refractivity (Wildman–Crippen MR) is 62.7 cm³/mol. The lowest BCUT2D eigenvalue weighted by Crippen LogP contribution is -2.34. The fraction of sp³-hybridized carbons (Fsp3) is 0.273. The molecule has 0 radical (unpaired) electrons. The molecule has 19 heavy (non-hydrogen) atoms. The Balaban J connectivity index is 2.77. The van der Waals surface area contributed by atoms with Crippen molar-refractivity contribution in [1.29, 1.82) is 0 Å². The van der Waals surface area contributed by atoms with Crippen molar-refractivity contribution in [1.82, 2.24) is 4.90 Å². The minimum atomic E-state index is -2.67. The summed E-state index contributed by atoms with van der Waals surface area (Å²) >= 11 is 0. The lowest BCUT2D eigenvalue weighted by molar-refractivity contribution is 0.0696. The van der Waals surface area contributed by atoms with Crippen LogP contribution in [0.5, 0.6) is 5.75 Å². The van der Waals surface area contributed by atoms with Gasteiger partial charge in [-0.1, -0.05) is 0 Å². The van der Waals surface area contributed by atoms with Crippen LogP contribution in [-0.4, -0.2) is 47.1 Å². The standard InChI is InChI=1S/C11H12F2N2O4/c1-15(5-9(12)13)11(19)14-7-3-2-6(10(17)18)4-8(7)16/h2-4,9,16H,5H2,1H3,(H,14,19)(H,17,18). The van der Waals surface area contributed by atoms with E-state index >= 15 is 0 Å². The van der Waals surface area contributed by atoms with Gasteiger partial charge in [0.15, 0.2) is 0 Å². The number of carbonyl (C=O) groups excluding carboxylic acids is 1. The molecule has 6 nitrogen and oxygen atoms in total. The largest absolute Gasteiger partial charge is 0.506 e. The number of hydrogen-bond acceptors (Lipinski definition) is 3. The number of carboxylic acid groups (broad SMARTS) is 1. The van der Waals surface area contributed by atoms with Crippen molar-refractivity contribution in [2.45, 2.75) is 6.43 Å². The maximum Gasteiger partial charge on any atom is 0.335 e. The number of halogens is 2. The maximum atomic E-state index is 12.1. The highest BCUT2D eigenvalue weighted by molar-refractivity contribution is 5.93. The van der Waals surface area contributed by atoms with Crippen molar-refractivity contribution in [3.63, 3.8) is 0 Å². The number of anilines is 1. The Hall–Kier alpha value is -2.38. The summed E-state index contributed by atoms with van der Waals surface area (Å²) in [6.07, 6.45) is -2.67. The summed E-state index contributed by atoms with van der Waals surface area (Å²) in [4.78, 5) is 22.8. The summed E-state index contributed by atoms with van der Waals surface area (Å²) in [6, 6.07) is 2.46. The Morgan fingerprint density at radius 3 is 2.53 bits per heavy atom. The number of urea groups is 1. The summed E-state index contributed by atoms with van der Waals surface area (Å²) in [6.45, 7) is -0.750. The van der Waals surface area contributed by atoms with E-state index in [2.05, 4.69) is 5.32 Å².